The van der Waals surface area contributed by atoms with E-state index >= 15 is 0 Å². The van der Waals surface area contributed by atoms with Gasteiger partial charge in [-0.15, -0.1) is 6.58 Å². The Kier molecular flexibility index (Phi) is 5.02. The molecule has 0 amide bonds. The molecule has 0 N–H and O–H groups in total. The molecule has 0 aromatic carbocycles. The number of hydrogen-bond acceptors (Lipinski definition) is 4. The Hall–Kier alpha value is -0.320. The van der Waals surface area contributed by atoms with Crippen molar-refractivity contribution in [3.05, 3.63) is 12.7 Å². The van der Waals surface area contributed by atoms with Gasteiger partial charge in [-0.2, -0.15) is 0 Å². The third kappa shape index (κ3) is 4.28. The van der Waals surface area contributed by atoms with Crippen LogP contribution in [0, 0.1) is 0 Å². The Labute approximate surface area is 102 Å². The fraction of sp³-hybridized carbons (Fsp3) is 0.750. The maximum absolute atomic E-state index is 10.8. The van der Waals surface area contributed by atoms with Crippen LogP contribution in [0.5, 0.6) is 0 Å². The van der Waals surface area contributed by atoms with Crippen molar-refractivity contribution in [2.45, 2.75) is 51.6 Å². The highest BCUT2D eigenvalue weighted by Gasteiger charge is 2.38. The topological polar surface area (TPSA) is 35.5 Å². The minimum Gasteiger partial charge on any atom is -0.344 e. The van der Waals surface area contributed by atoms with Crippen molar-refractivity contribution in [2.24, 2.45) is 0 Å². The van der Waals surface area contributed by atoms with Gasteiger partial charge in [-0.3, -0.25) is 4.79 Å². The SMILES string of the molecule is C=C[C@H]1OC(C)(C)O[C@H]1CCCSC(C)=O. The normalized spacial score (nSPS) is 27.9. The molecule has 0 aromatic heterocycles. The lowest BCUT2D eigenvalue weighted by Gasteiger charge is -2.16. The molecule has 4 heteroatoms. The van der Waals surface area contributed by atoms with Crippen molar-refractivity contribution < 1.29 is 14.3 Å². The van der Waals surface area contributed by atoms with Gasteiger partial charge in [-0.05, 0) is 26.7 Å². The van der Waals surface area contributed by atoms with E-state index in [4.69, 9.17) is 9.47 Å². The second-order valence-electron chi connectivity index (χ2n) is 4.36. The summed E-state index contributed by atoms with van der Waals surface area (Å²) in [7, 11) is 0. The van der Waals surface area contributed by atoms with Crippen molar-refractivity contribution in [1.82, 2.24) is 0 Å². The lowest BCUT2D eigenvalue weighted by molar-refractivity contribution is -0.143. The molecule has 1 heterocycles. The number of carbonyl (C=O) groups is 1. The smallest absolute Gasteiger partial charge is 0.185 e. The van der Waals surface area contributed by atoms with Crippen molar-refractivity contribution in [2.75, 3.05) is 5.75 Å². The summed E-state index contributed by atoms with van der Waals surface area (Å²) in [4.78, 5) is 10.8. The van der Waals surface area contributed by atoms with Crippen LogP contribution in [-0.4, -0.2) is 28.9 Å². The fourth-order valence-electron chi connectivity index (χ4n) is 1.79. The Morgan fingerprint density at radius 2 is 2.19 bits per heavy atom. The number of carbonyl (C=O) groups excluding carboxylic acids is 1. The van der Waals surface area contributed by atoms with Crippen LogP contribution in [-0.2, 0) is 14.3 Å². The molecule has 16 heavy (non-hydrogen) atoms. The van der Waals surface area contributed by atoms with Crippen LogP contribution in [0.2, 0.25) is 0 Å². The standard InChI is InChI=1S/C12H20O3S/c1-5-10-11(15-12(3,4)14-10)7-6-8-16-9(2)13/h5,10-11H,1,6-8H2,2-4H3/t10-,11+/m1/s1. The molecule has 92 valence electrons. The highest BCUT2D eigenvalue weighted by atomic mass is 32.2. The van der Waals surface area contributed by atoms with Crippen molar-refractivity contribution >= 4 is 16.9 Å². The summed E-state index contributed by atoms with van der Waals surface area (Å²) in [6.45, 7) is 9.16. The van der Waals surface area contributed by atoms with Crippen molar-refractivity contribution in [1.29, 1.82) is 0 Å². The largest absolute Gasteiger partial charge is 0.344 e. The summed E-state index contributed by atoms with van der Waals surface area (Å²) >= 11 is 1.36. The van der Waals surface area contributed by atoms with Gasteiger partial charge in [0.2, 0.25) is 0 Å². The van der Waals surface area contributed by atoms with Gasteiger partial charge in [0.05, 0.1) is 6.10 Å². The van der Waals surface area contributed by atoms with Gasteiger partial charge in [-0.25, -0.2) is 0 Å². The molecule has 0 saturated carbocycles. The van der Waals surface area contributed by atoms with Crippen LogP contribution in [0.25, 0.3) is 0 Å². The second-order valence-corrected chi connectivity index (χ2v) is 5.63. The summed E-state index contributed by atoms with van der Waals surface area (Å²) in [6.07, 6.45) is 3.69. The maximum atomic E-state index is 10.8. The van der Waals surface area contributed by atoms with Gasteiger partial charge in [0.1, 0.15) is 6.10 Å². The van der Waals surface area contributed by atoms with Crippen LogP contribution in [0.1, 0.15) is 33.6 Å². The zero-order valence-corrected chi connectivity index (χ0v) is 11.0. The first kappa shape index (κ1) is 13.7. The molecule has 0 unspecified atom stereocenters. The first-order valence-electron chi connectivity index (χ1n) is 5.56. The van der Waals surface area contributed by atoms with E-state index in [2.05, 4.69) is 6.58 Å². The number of thioether (sulfide) groups is 1. The summed E-state index contributed by atoms with van der Waals surface area (Å²) < 4.78 is 11.4. The minimum atomic E-state index is -0.517. The van der Waals surface area contributed by atoms with Crippen LogP contribution in [0.4, 0.5) is 0 Å². The Morgan fingerprint density at radius 3 is 2.75 bits per heavy atom. The molecular formula is C12H20O3S. The molecule has 1 aliphatic rings. The molecule has 2 atom stereocenters. The van der Waals surface area contributed by atoms with E-state index in [-0.39, 0.29) is 17.3 Å². The highest BCUT2D eigenvalue weighted by Crippen LogP contribution is 2.31. The predicted octanol–water partition coefficient (Wildman–Crippen LogP) is 2.75. The average Bonchev–Trinajstić information content (AvgIpc) is 2.48. The Balaban J connectivity index is 2.30. The molecule has 1 saturated heterocycles. The predicted molar refractivity (Wildman–Crippen MR) is 66.4 cm³/mol. The van der Waals surface area contributed by atoms with Crippen LogP contribution in [0.15, 0.2) is 12.7 Å². The van der Waals surface area contributed by atoms with Gasteiger partial charge >= 0.3 is 0 Å². The molecule has 0 aliphatic carbocycles. The van der Waals surface area contributed by atoms with E-state index in [1.807, 2.05) is 13.8 Å². The lowest BCUT2D eigenvalue weighted by atomic mass is 10.1. The molecule has 1 fully saturated rings. The summed E-state index contributed by atoms with van der Waals surface area (Å²) in [5.74, 6) is 0.330. The highest BCUT2D eigenvalue weighted by molar-refractivity contribution is 8.13. The Morgan fingerprint density at radius 1 is 1.50 bits per heavy atom. The van der Waals surface area contributed by atoms with Crippen molar-refractivity contribution in [3.8, 4) is 0 Å². The van der Waals surface area contributed by atoms with E-state index in [1.54, 1.807) is 13.0 Å². The van der Waals surface area contributed by atoms with E-state index in [9.17, 15) is 4.79 Å². The third-order valence-corrected chi connectivity index (χ3v) is 3.29. The van der Waals surface area contributed by atoms with Crippen molar-refractivity contribution in [3.63, 3.8) is 0 Å². The quantitative estimate of drug-likeness (QED) is 0.550. The summed E-state index contributed by atoms with van der Waals surface area (Å²) in [5.41, 5.74) is 0. The first-order chi connectivity index (χ1) is 7.44. The van der Waals surface area contributed by atoms with Crippen LogP contribution in [0.3, 0.4) is 0 Å². The molecule has 1 aliphatic heterocycles. The molecular weight excluding hydrogens is 224 g/mol. The molecule has 0 spiro atoms. The van der Waals surface area contributed by atoms with E-state index in [0.717, 1.165) is 18.6 Å². The summed E-state index contributed by atoms with van der Waals surface area (Å²) in [6, 6.07) is 0. The van der Waals surface area contributed by atoms with Crippen LogP contribution < -0.4 is 0 Å². The third-order valence-electron chi connectivity index (χ3n) is 2.39. The van der Waals surface area contributed by atoms with Gasteiger partial charge in [0.15, 0.2) is 10.9 Å². The van der Waals surface area contributed by atoms with E-state index in [1.165, 1.54) is 11.8 Å². The zero-order chi connectivity index (χ0) is 12.2. The molecule has 0 aromatic rings. The number of hydrogen-bond donors (Lipinski definition) is 0. The van der Waals surface area contributed by atoms with Gasteiger partial charge in [-0.1, -0.05) is 17.8 Å². The van der Waals surface area contributed by atoms with Gasteiger partial charge in [0.25, 0.3) is 0 Å². The molecule has 1 rings (SSSR count). The molecule has 3 nitrogen and oxygen atoms in total. The van der Waals surface area contributed by atoms with Crippen LogP contribution >= 0.6 is 11.8 Å². The first-order valence-corrected chi connectivity index (χ1v) is 6.55. The Bertz CT molecular complexity index is 263. The lowest BCUT2D eigenvalue weighted by Crippen LogP contribution is -2.21. The number of ether oxygens (including phenoxy) is 2. The summed E-state index contributed by atoms with van der Waals surface area (Å²) in [5, 5.41) is 0.171. The fourth-order valence-corrected chi connectivity index (χ4v) is 2.38. The number of rotatable bonds is 5. The monoisotopic (exact) mass is 244 g/mol. The second kappa shape index (κ2) is 5.84. The van der Waals surface area contributed by atoms with Gasteiger partial charge in [0, 0.05) is 12.7 Å². The van der Waals surface area contributed by atoms with E-state index in [0.29, 0.717) is 0 Å². The zero-order valence-electron chi connectivity index (χ0n) is 10.2. The average molecular weight is 244 g/mol. The van der Waals surface area contributed by atoms with Gasteiger partial charge < -0.3 is 9.47 Å². The minimum absolute atomic E-state index is 0.0303. The van der Waals surface area contributed by atoms with E-state index < -0.39 is 5.79 Å². The molecule has 0 radical (unpaired) electrons. The molecule has 0 bridgehead atoms. The maximum Gasteiger partial charge on any atom is 0.185 e.